The molecule has 2 rings (SSSR count). The Balaban J connectivity index is 2.23. The Morgan fingerprint density at radius 1 is 1.08 bits per heavy atom. The standard InChI is InChI=1S/C21H25NO4/c1-15(23)22(14-16-8-6-5-7-9-16)18-12-10-17(11-13-18)19(24)21(2,3)20(25)26-4/h5-13,19,24H,14H2,1-4H3. The predicted octanol–water partition coefficient (Wildman–Crippen LogP) is 3.47. The van der Waals surface area contributed by atoms with Crippen LogP contribution in [0.4, 0.5) is 5.69 Å². The van der Waals surface area contributed by atoms with Crippen molar-refractivity contribution in [2.45, 2.75) is 33.4 Å². The molecule has 1 N–H and O–H groups in total. The van der Waals surface area contributed by atoms with Gasteiger partial charge in [-0.1, -0.05) is 42.5 Å². The van der Waals surface area contributed by atoms with Crippen LogP contribution in [-0.2, 0) is 20.9 Å². The number of anilines is 1. The Hall–Kier alpha value is -2.66. The van der Waals surface area contributed by atoms with Crippen LogP contribution in [0.3, 0.4) is 0 Å². The van der Waals surface area contributed by atoms with Crippen LogP contribution in [0.5, 0.6) is 0 Å². The number of nitrogens with zero attached hydrogens (tertiary/aromatic N) is 1. The van der Waals surface area contributed by atoms with Crippen molar-refractivity contribution in [2.24, 2.45) is 5.41 Å². The number of hydrogen-bond donors (Lipinski definition) is 1. The normalized spacial score (nSPS) is 12.3. The maximum Gasteiger partial charge on any atom is 0.314 e. The van der Waals surface area contributed by atoms with Crippen molar-refractivity contribution in [2.75, 3.05) is 12.0 Å². The number of carbonyl (C=O) groups excluding carboxylic acids is 2. The second kappa shape index (κ2) is 8.15. The van der Waals surface area contributed by atoms with Gasteiger partial charge in [0.2, 0.25) is 5.91 Å². The highest BCUT2D eigenvalue weighted by Crippen LogP contribution is 2.35. The van der Waals surface area contributed by atoms with E-state index in [1.807, 2.05) is 30.3 Å². The molecule has 5 nitrogen and oxygen atoms in total. The lowest BCUT2D eigenvalue weighted by atomic mass is 9.82. The summed E-state index contributed by atoms with van der Waals surface area (Å²) in [7, 11) is 1.30. The van der Waals surface area contributed by atoms with Crippen LogP contribution in [0, 0.1) is 5.41 Å². The van der Waals surface area contributed by atoms with Gasteiger partial charge in [0.1, 0.15) is 0 Å². The Labute approximate surface area is 154 Å². The van der Waals surface area contributed by atoms with Gasteiger partial charge in [0, 0.05) is 12.6 Å². The van der Waals surface area contributed by atoms with Crippen molar-refractivity contribution in [1.29, 1.82) is 0 Å². The second-order valence-corrected chi connectivity index (χ2v) is 6.80. The molecule has 5 heteroatoms. The van der Waals surface area contributed by atoms with Gasteiger partial charge in [0.25, 0.3) is 0 Å². The van der Waals surface area contributed by atoms with Crippen LogP contribution in [0.1, 0.15) is 38.0 Å². The molecule has 0 saturated carbocycles. The molecule has 0 heterocycles. The number of aliphatic hydroxyl groups is 1. The largest absolute Gasteiger partial charge is 0.469 e. The molecular weight excluding hydrogens is 330 g/mol. The minimum absolute atomic E-state index is 0.0722. The summed E-state index contributed by atoms with van der Waals surface area (Å²) in [5.74, 6) is -0.555. The predicted molar refractivity (Wildman–Crippen MR) is 101 cm³/mol. The first kappa shape index (κ1) is 19.7. The lowest BCUT2D eigenvalue weighted by molar-refractivity contribution is -0.157. The van der Waals surface area contributed by atoms with E-state index in [2.05, 4.69) is 0 Å². The summed E-state index contributed by atoms with van der Waals surface area (Å²) in [6.07, 6.45) is -1.01. The molecule has 0 aliphatic carbocycles. The number of hydrogen-bond acceptors (Lipinski definition) is 4. The number of aliphatic hydroxyl groups excluding tert-OH is 1. The fraction of sp³-hybridized carbons (Fsp3) is 0.333. The summed E-state index contributed by atoms with van der Waals surface area (Å²) in [4.78, 5) is 25.6. The number of carbonyl (C=O) groups is 2. The van der Waals surface area contributed by atoms with Crippen molar-refractivity contribution in [1.82, 2.24) is 0 Å². The molecule has 0 bridgehead atoms. The molecule has 0 saturated heterocycles. The molecule has 1 unspecified atom stereocenters. The zero-order chi connectivity index (χ0) is 19.3. The smallest absolute Gasteiger partial charge is 0.314 e. The van der Waals surface area contributed by atoms with Crippen LogP contribution in [0.25, 0.3) is 0 Å². The number of esters is 1. The van der Waals surface area contributed by atoms with Crippen molar-refractivity contribution in [3.05, 3.63) is 65.7 Å². The molecule has 0 spiro atoms. The van der Waals surface area contributed by atoms with Crippen LogP contribution >= 0.6 is 0 Å². The third-order valence-corrected chi connectivity index (χ3v) is 4.48. The molecule has 2 aromatic carbocycles. The SMILES string of the molecule is COC(=O)C(C)(C)C(O)c1ccc(N(Cc2ccccc2)C(C)=O)cc1. The Morgan fingerprint density at radius 2 is 1.65 bits per heavy atom. The van der Waals surface area contributed by atoms with Gasteiger partial charge >= 0.3 is 5.97 Å². The van der Waals surface area contributed by atoms with Crippen molar-refractivity contribution in [3.8, 4) is 0 Å². The molecule has 0 aliphatic heterocycles. The molecule has 1 amide bonds. The number of rotatable bonds is 6. The summed E-state index contributed by atoms with van der Waals surface area (Å²) >= 11 is 0. The highest BCUT2D eigenvalue weighted by molar-refractivity contribution is 5.91. The van der Waals surface area contributed by atoms with E-state index in [0.29, 0.717) is 12.1 Å². The van der Waals surface area contributed by atoms with E-state index in [1.165, 1.54) is 14.0 Å². The Kier molecular flexibility index (Phi) is 6.16. The van der Waals surface area contributed by atoms with Gasteiger partial charge in [-0.15, -0.1) is 0 Å². The maximum absolute atomic E-state index is 12.1. The molecule has 2 aromatic rings. The Bertz CT molecular complexity index is 753. The van der Waals surface area contributed by atoms with E-state index in [4.69, 9.17) is 4.74 Å². The fourth-order valence-electron chi connectivity index (χ4n) is 2.78. The number of benzene rings is 2. The van der Waals surface area contributed by atoms with E-state index in [-0.39, 0.29) is 5.91 Å². The lowest BCUT2D eigenvalue weighted by Gasteiger charge is -2.28. The monoisotopic (exact) mass is 355 g/mol. The zero-order valence-corrected chi connectivity index (χ0v) is 15.6. The molecule has 26 heavy (non-hydrogen) atoms. The van der Waals surface area contributed by atoms with Gasteiger partial charge < -0.3 is 14.7 Å². The van der Waals surface area contributed by atoms with Crippen LogP contribution < -0.4 is 4.90 Å². The average Bonchev–Trinajstić information content (AvgIpc) is 2.65. The molecular formula is C21H25NO4. The van der Waals surface area contributed by atoms with E-state index in [1.54, 1.807) is 43.0 Å². The minimum atomic E-state index is -1.07. The third kappa shape index (κ3) is 4.29. The Morgan fingerprint density at radius 3 is 2.15 bits per heavy atom. The summed E-state index contributed by atoms with van der Waals surface area (Å²) in [6.45, 7) is 5.25. The van der Waals surface area contributed by atoms with E-state index >= 15 is 0 Å². The van der Waals surface area contributed by atoms with E-state index in [0.717, 1.165) is 11.3 Å². The second-order valence-electron chi connectivity index (χ2n) is 6.80. The van der Waals surface area contributed by atoms with Crippen molar-refractivity contribution >= 4 is 17.6 Å². The third-order valence-electron chi connectivity index (χ3n) is 4.48. The summed E-state index contributed by atoms with van der Waals surface area (Å²) in [6, 6.07) is 16.7. The first-order chi connectivity index (χ1) is 12.3. The number of ether oxygens (including phenoxy) is 1. The van der Waals surface area contributed by atoms with Crippen molar-refractivity contribution in [3.63, 3.8) is 0 Å². The van der Waals surface area contributed by atoms with Gasteiger partial charge in [-0.05, 0) is 37.1 Å². The average molecular weight is 355 g/mol. The van der Waals surface area contributed by atoms with Crippen LogP contribution in [0.15, 0.2) is 54.6 Å². The number of methoxy groups -OCH3 is 1. The minimum Gasteiger partial charge on any atom is -0.469 e. The maximum atomic E-state index is 12.1. The van der Waals surface area contributed by atoms with Gasteiger partial charge in [-0.2, -0.15) is 0 Å². The van der Waals surface area contributed by atoms with Crippen LogP contribution in [-0.4, -0.2) is 24.1 Å². The zero-order valence-electron chi connectivity index (χ0n) is 15.6. The molecule has 0 radical (unpaired) electrons. The van der Waals surface area contributed by atoms with E-state index < -0.39 is 17.5 Å². The first-order valence-corrected chi connectivity index (χ1v) is 8.46. The lowest BCUT2D eigenvalue weighted by Crippen LogP contribution is -2.32. The first-order valence-electron chi connectivity index (χ1n) is 8.46. The topological polar surface area (TPSA) is 66.8 Å². The summed E-state index contributed by atoms with van der Waals surface area (Å²) < 4.78 is 4.77. The molecule has 0 aromatic heterocycles. The van der Waals surface area contributed by atoms with Gasteiger partial charge in [-0.25, -0.2) is 0 Å². The van der Waals surface area contributed by atoms with Gasteiger partial charge in [0.15, 0.2) is 0 Å². The molecule has 0 fully saturated rings. The molecule has 0 aliphatic rings. The quantitative estimate of drug-likeness (QED) is 0.806. The molecule has 1 atom stereocenters. The summed E-state index contributed by atoms with van der Waals surface area (Å²) in [5.41, 5.74) is 1.28. The highest BCUT2D eigenvalue weighted by atomic mass is 16.5. The fourth-order valence-corrected chi connectivity index (χ4v) is 2.78. The van der Waals surface area contributed by atoms with Gasteiger partial charge in [0.05, 0.1) is 25.2 Å². The van der Waals surface area contributed by atoms with E-state index in [9.17, 15) is 14.7 Å². The number of amides is 1. The van der Waals surface area contributed by atoms with Crippen LogP contribution in [0.2, 0.25) is 0 Å². The van der Waals surface area contributed by atoms with Gasteiger partial charge in [-0.3, -0.25) is 9.59 Å². The highest BCUT2D eigenvalue weighted by Gasteiger charge is 2.37. The van der Waals surface area contributed by atoms with Crippen molar-refractivity contribution < 1.29 is 19.4 Å². The summed E-state index contributed by atoms with van der Waals surface area (Å²) in [5, 5.41) is 10.5. The molecule has 138 valence electrons.